The van der Waals surface area contributed by atoms with Crippen molar-refractivity contribution < 1.29 is 9.53 Å². The van der Waals surface area contributed by atoms with Gasteiger partial charge in [0.05, 0.1) is 6.61 Å². The van der Waals surface area contributed by atoms with E-state index in [0.717, 1.165) is 38.7 Å². The number of carbonyl (C=O) groups is 1. The minimum Gasteiger partial charge on any atom is -0.377 e. The van der Waals surface area contributed by atoms with Crippen LogP contribution in [0.1, 0.15) is 51.5 Å². The van der Waals surface area contributed by atoms with E-state index >= 15 is 0 Å². The third-order valence-corrected chi connectivity index (χ3v) is 4.41. The lowest BCUT2D eigenvalue weighted by Crippen LogP contribution is -2.21. The van der Waals surface area contributed by atoms with Crippen LogP contribution < -0.4 is 0 Å². The Morgan fingerprint density at radius 3 is 2.38 bits per heavy atom. The molecule has 1 aromatic rings. The monoisotopic (exact) mass is 357 g/mol. The zero-order valence-corrected chi connectivity index (χ0v) is 17.0. The summed E-state index contributed by atoms with van der Waals surface area (Å²) in [6.07, 6.45) is 10.1. The fraction of sp³-hybridized carbons (Fsp3) is 0.522. The van der Waals surface area contributed by atoms with Gasteiger partial charge in [-0.3, -0.25) is 4.79 Å². The molecule has 3 heteroatoms. The first-order chi connectivity index (χ1) is 12.5. The summed E-state index contributed by atoms with van der Waals surface area (Å²) in [6, 6.07) is 10.5. The maximum absolute atomic E-state index is 11.6. The van der Waals surface area contributed by atoms with E-state index in [1.165, 1.54) is 16.7 Å². The van der Waals surface area contributed by atoms with Gasteiger partial charge in [-0.1, -0.05) is 53.6 Å². The summed E-state index contributed by atoms with van der Waals surface area (Å²) in [5.41, 5.74) is 4.03. The van der Waals surface area contributed by atoms with Crippen molar-refractivity contribution >= 4 is 5.91 Å². The molecular formula is C23H35NO2. The van der Waals surface area contributed by atoms with Crippen molar-refractivity contribution in [1.82, 2.24) is 4.90 Å². The number of hydrogen-bond donors (Lipinski definition) is 0. The Morgan fingerprint density at radius 2 is 1.69 bits per heavy atom. The number of carbonyl (C=O) groups excluding carboxylic acids is 1. The molecule has 1 aromatic carbocycles. The lowest BCUT2D eigenvalue weighted by Gasteiger charge is -2.09. The molecule has 0 spiro atoms. The van der Waals surface area contributed by atoms with Crippen molar-refractivity contribution in [2.75, 3.05) is 27.3 Å². The number of benzene rings is 1. The first-order valence-corrected chi connectivity index (χ1v) is 9.62. The summed E-state index contributed by atoms with van der Waals surface area (Å²) < 4.78 is 5.71. The summed E-state index contributed by atoms with van der Waals surface area (Å²) in [7, 11) is 3.61. The Balaban J connectivity index is 2.09. The molecule has 0 unspecified atom stereocenters. The van der Waals surface area contributed by atoms with E-state index < -0.39 is 0 Å². The molecule has 144 valence electrons. The summed E-state index contributed by atoms with van der Waals surface area (Å²) >= 11 is 0. The summed E-state index contributed by atoms with van der Waals surface area (Å²) in [5.74, 6) is 0.193. The predicted octanol–water partition coefficient (Wildman–Crippen LogP) is 5.18. The Hall–Kier alpha value is -1.87. The van der Waals surface area contributed by atoms with E-state index in [-0.39, 0.29) is 5.91 Å². The molecule has 0 fully saturated rings. The van der Waals surface area contributed by atoms with E-state index in [1.54, 1.807) is 19.0 Å². The van der Waals surface area contributed by atoms with Gasteiger partial charge in [-0.2, -0.15) is 0 Å². The van der Waals surface area contributed by atoms with Gasteiger partial charge >= 0.3 is 0 Å². The molecule has 26 heavy (non-hydrogen) atoms. The van der Waals surface area contributed by atoms with Crippen LogP contribution >= 0.6 is 0 Å². The van der Waals surface area contributed by atoms with E-state index in [2.05, 4.69) is 50.3 Å². The van der Waals surface area contributed by atoms with Crippen molar-refractivity contribution in [3.8, 4) is 0 Å². The molecule has 0 aromatic heterocycles. The van der Waals surface area contributed by atoms with Crippen LogP contribution in [0.3, 0.4) is 0 Å². The first-order valence-electron chi connectivity index (χ1n) is 9.62. The van der Waals surface area contributed by atoms with Crippen LogP contribution in [0.5, 0.6) is 0 Å². The molecule has 0 saturated heterocycles. The van der Waals surface area contributed by atoms with Crippen LogP contribution in [-0.4, -0.2) is 38.1 Å². The van der Waals surface area contributed by atoms with Crippen LogP contribution in [0.25, 0.3) is 0 Å². The maximum atomic E-state index is 11.6. The summed E-state index contributed by atoms with van der Waals surface area (Å²) in [6.45, 7) is 5.77. The number of rotatable bonds is 12. The number of hydrogen-bond acceptors (Lipinski definition) is 2. The molecule has 1 amide bonds. The van der Waals surface area contributed by atoms with E-state index in [4.69, 9.17) is 4.74 Å². The fourth-order valence-corrected chi connectivity index (χ4v) is 2.59. The van der Waals surface area contributed by atoms with E-state index in [1.807, 2.05) is 6.07 Å². The lowest BCUT2D eigenvalue weighted by atomic mass is 10.1. The van der Waals surface area contributed by atoms with Gasteiger partial charge in [0.1, 0.15) is 0 Å². The van der Waals surface area contributed by atoms with Gasteiger partial charge in [-0.15, -0.1) is 0 Å². The highest BCUT2D eigenvalue weighted by atomic mass is 16.5. The molecule has 0 N–H and O–H groups in total. The Labute approximate surface area is 159 Å². The Bertz CT molecular complexity index is 573. The van der Waals surface area contributed by atoms with Crippen molar-refractivity contribution in [2.45, 2.75) is 52.4 Å². The third kappa shape index (κ3) is 10.9. The standard InChI is InChI=1S/C23H35NO2/c1-20(15-16-23(25)24(3)4)10-8-11-21(2)17-19-26-18-9-14-22-12-6-5-7-13-22/h5-7,10,12-13,17H,8-9,11,14-16,18-19H2,1-4H3/b20-10?,21-17+. The minimum atomic E-state index is 0.193. The average molecular weight is 358 g/mol. The van der Waals surface area contributed by atoms with Crippen LogP contribution in [0, 0.1) is 0 Å². The zero-order valence-electron chi connectivity index (χ0n) is 17.0. The molecule has 0 aliphatic heterocycles. The van der Waals surface area contributed by atoms with Crippen LogP contribution in [0.2, 0.25) is 0 Å². The van der Waals surface area contributed by atoms with Gasteiger partial charge in [-0.05, 0) is 51.5 Å². The molecule has 0 saturated carbocycles. The molecular weight excluding hydrogens is 322 g/mol. The van der Waals surface area contributed by atoms with Crippen molar-refractivity contribution in [2.24, 2.45) is 0 Å². The number of amides is 1. The highest BCUT2D eigenvalue weighted by molar-refractivity contribution is 5.75. The number of aryl methyl sites for hydroxylation is 1. The molecule has 0 atom stereocenters. The van der Waals surface area contributed by atoms with Crippen molar-refractivity contribution in [3.63, 3.8) is 0 Å². The van der Waals surface area contributed by atoms with Crippen LogP contribution in [0.4, 0.5) is 0 Å². The normalized spacial score (nSPS) is 12.3. The largest absolute Gasteiger partial charge is 0.377 e. The molecule has 0 heterocycles. The number of allylic oxidation sites excluding steroid dienone is 3. The Kier molecular flexibility index (Phi) is 11.4. The SMILES string of the molecule is CC(=CCC/C(C)=C/COCCCc1ccccc1)CCC(=O)N(C)C. The number of nitrogens with zero attached hydrogens (tertiary/aromatic N) is 1. The highest BCUT2D eigenvalue weighted by Crippen LogP contribution is 2.11. The van der Waals surface area contributed by atoms with Crippen LogP contribution in [0.15, 0.2) is 53.6 Å². The van der Waals surface area contributed by atoms with E-state index in [0.29, 0.717) is 13.0 Å². The minimum absolute atomic E-state index is 0.193. The number of ether oxygens (including phenoxy) is 1. The molecule has 0 aliphatic rings. The average Bonchev–Trinajstić information content (AvgIpc) is 2.63. The van der Waals surface area contributed by atoms with Gasteiger partial charge in [0.25, 0.3) is 0 Å². The topological polar surface area (TPSA) is 29.5 Å². The van der Waals surface area contributed by atoms with Gasteiger partial charge in [0, 0.05) is 27.1 Å². The molecule has 0 bridgehead atoms. The Morgan fingerprint density at radius 1 is 1.00 bits per heavy atom. The van der Waals surface area contributed by atoms with Gasteiger partial charge < -0.3 is 9.64 Å². The van der Waals surface area contributed by atoms with Gasteiger partial charge in [0.2, 0.25) is 5.91 Å². The third-order valence-electron chi connectivity index (χ3n) is 4.41. The van der Waals surface area contributed by atoms with Crippen LogP contribution in [-0.2, 0) is 16.0 Å². The smallest absolute Gasteiger partial charge is 0.222 e. The van der Waals surface area contributed by atoms with Gasteiger partial charge in [0.15, 0.2) is 0 Å². The maximum Gasteiger partial charge on any atom is 0.222 e. The summed E-state index contributed by atoms with van der Waals surface area (Å²) in [4.78, 5) is 13.2. The first kappa shape index (κ1) is 22.2. The van der Waals surface area contributed by atoms with Gasteiger partial charge in [-0.25, -0.2) is 0 Å². The lowest BCUT2D eigenvalue weighted by molar-refractivity contribution is -0.128. The summed E-state index contributed by atoms with van der Waals surface area (Å²) in [5, 5.41) is 0. The van der Waals surface area contributed by atoms with Crippen molar-refractivity contribution in [3.05, 3.63) is 59.2 Å². The molecule has 3 nitrogen and oxygen atoms in total. The zero-order chi connectivity index (χ0) is 19.2. The van der Waals surface area contributed by atoms with E-state index in [9.17, 15) is 4.79 Å². The predicted molar refractivity (Wildman–Crippen MR) is 110 cm³/mol. The fourth-order valence-electron chi connectivity index (χ4n) is 2.59. The molecule has 0 radical (unpaired) electrons. The second kappa shape index (κ2) is 13.3. The molecule has 1 rings (SSSR count). The highest BCUT2D eigenvalue weighted by Gasteiger charge is 2.03. The molecule has 0 aliphatic carbocycles. The quantitative estimate of drug-likeness (QED) is 0.381. The van der Waals surface area contributed by atoms with Crippen molar-refractivity contribution in [1.29, 1.82) is 0 Å². The second-order valence-electron chi connectivity index (χ2n) is 7.09. The second-order valence-corrected chi connectivity index (χ2v) is 7.09.